The Morgan fingerprint density at radius 1 is 0.939 bits per heavy atom. The van der Waals surface area contributed by atoms with Gasteiger partial charge in [0.25, 0.3) is 0 Å². The highest BCUT2D eigenvalue weighted by Crippen LogP contribution is 2.10. The van der Waals surface area contributed by atoms with Crippen LogP contribution in [0.25, 0.3) is 0 Å². The number of aliphatic carboxylic acids is 1. The molecule has 0 saturated heterocycles. The Bertz CT molecular complexity index is 805. The van der Waals surface area contributed by atoms with Crippen LogP contribution in [-0.4, -0.2) is 58.7 Å². The van der Waals surface area contributed by atoms with Crippen molar-refractivity contribution in [3.05, 3.63) is 35.9 Å². The minimum Gasteiger partial charge on any atom is -0.480 e. The molecule has 0 aliphatic heterocycles. The summed E-state index contributed by atoms with van der Waals surface area (Å²) in [6, 6.07) is 5.07. The smallest absolute Gasteiger partial charge is 0.326 e. The number of carbonyl (C=O) groups is 4. The minimum atomic E-state index is -1.15. The second kappa shape index (κ2) is 13.8. The molecule has 0 bridgehead atoms. The summed E-state index contributed by atoms with van der Waals surface area (Å²) in [4.78, 5) is 49.9. The highest BCUT2D eigenvalue weighted by molar-refractivity contribution is 7.80. The van der Waals surface area contributed by atoms with Crippen LogP contribution in [0.4, 0.5) is 0 Å². The van der Waals surface area contributed by atoms with Crippen molar-refractivity contribution in [2.75, 3.05) is 5.75 Å². The van der Waals surface area contributed by atoms with Crippen LogP contribution >= 0.6 is 12.6 Å². The van der Waals surface area contributed by atoms with Gasteiger partial charge in [0.05, 0.1) is 6.04 Å². The average molecular weight is 481 g/mol. The maximum Gasteiger partial charge on any atom is 0.326 e. The van der Waals surface area contributed by atoms with E-state index in [4.69, 9.17) is 5.73 Å². The molecule has 3 amide bonds. The lowest BCUT2D eigenvalue weighted by Gasteiger charge is -2.26. The summed E-state index contributed by atoms with van der Waals surface area (Å²) in [5.41, 5.74) is 6.63. The first-order valence-corrected chi connectivity index (χ1v) is 11.7. The van der Waals surface area contributed by atoms with E-state index >= 15 is 0 Å². The first-order chi connectivity index (χ1) is 15.5. The van der Waals surface area contributed by atoms with Gasteiger partial charge in [-0.25, -0.2) is 4.79 Å². The summed E-state index contributed by atoms with van der Waals surface area (Å²) in [5, 5.41) is 17.3. The molecule has 184 valence electrons. The van der Waals surface area contributed by atoms with Crippen molar-refractivity contribution in [2.24, 2.45) is 17.6 Å². The Kier molecular flexibility index (Phi) is 11.9. The molecule has 0 saturated carbocycles. The highest BCUT2D eigenvalue weighted by Gasteiger charge is 2.32. The van der Waals surface area contributed by atoms with Crippen molar-refractivity contribution in [3.8, 4) is 0 Å². The van der Waals surface area contributed by atoms with Crippen LogP contribution in [0.2, 0.25) is 0 Å². The number of benzene rings is 1. The maximum absolute atomic E-state index is 13.0. The van der Waals surface area contributed by atoms with Crippen molar-refractivity contribution >= 4 is 36.3 Å². The maximum atomic E-state index is 13.0. The Morgan fingerprint density at radius 2 is 1.48 bits per heavy atom. The number of rotatable bonds is 13. The van der Waals surface area contributed by atoms with Gasteiger partial charge in [0.1, 0.15) is 18.1 Å². The number of thiol groups is 1. The molecule has 0 radical (unpaired) electrons. The number of nitrogens with one attached hydrogen (secondary N) is 3. The molecule has 1 aromatic rings. The first kappa shape index (κ1) is 28.4. The van der Waals surface area contributed by atoms with Crippen LogP contribution in [0.3, 0.4) is 0 Å². The third-order valence-corrected chi connectivity index (χ3v) is 5.89. The van der Waals surface area contributed by atoms with Crippen molar-refractivity contribution in [1.82, 2.24) is 16.0 Å². The number of hydrogen-bond donors (Lipinski definition) is 6. The topological polar surface area (TPSA) is 151 Å². The fourth-order valence-corrected chi connectivity index (χ4v) is 3.29. The lowest BCUT2D eigenvalue weighted by Crippen LogP contribution is -2.59. The quantitative estimate of drug-likeness (QED) is 0.229. The van der Waals surface area contributed by atoms with Crippen molar-refractivity contribution < 1.29 is 24.3 Å². The molecule has 0 aromatic heterocycles. The molecule has 0 heterocycles. The Hall–Kier alpha value is -2.59. The SMILES string of the molecule is CCC(C)C(NC(=O)C(Cc1ccccc1)NC(=O)C(CS)NC(=O)C(N)C(C)C)C(=O)O. The highest BCUT2D eigenvalue weighted by atomic mass is 32.1. The van der Waals surface area contributed by atoms with Crippen LogP contribution < -0.4 is 21.7 Å². The molecule has 5 atom stereocenters. The fourth-order valence-electron chi connectivity index (χ4n) is 3.03. The largest absolute Gasteiger partial charge is 0.480 e. The van der Waals surface area contributed by atoms with E-state index in [1.807, 2.05) is 13.0 Å². The molecule has 10 heteroatoms. The van der Waals surface area contributed by atoms with E-state index in [2.05, 4.69) is 28.6 Å². The standard InChI is InChI=1S/C23H36N4O5S/c1-5-14(4)19(23(31)32)27-20(28)16(11-15-9-7-6-8-10-15)25-21(29)17(12-33)26-22(30)18(24)13(2)3/h6-10,13-14,16-19,33H,5,11-12,24H2,1-4H3,(H,25,29)(H,26,30)(H,27,28)(H,31,32). The second-order valence-corrected chi connectivity index (χ2v) is 8.84. The zero-order valence-corrected chi connectivity index (χ0v) is 20.5. The summed E-state index contributed by atoms with van der Waals surface area (Å²) in [5.74, 6) is -3.31. The second-order valence-electron chi connectivity index (χ2n) is 8.47. The first-order valence-electron chi connectivity index (χ1n) is 11.1. The molecule has 33 heavy (non-hydrogen) atoms. The van der Waals surface area contributed by atoms with E-state index in [9.17, 15) is 24.3 Å². The zero-order chi connectivity index (χ0) is 25.1. The van der Waals surface area contributed by atoms with Crippen molar-refractivity contribution in [3.63, 3.8) is 0 Å². The molecule has 0 aliphatic rings. The molecular weight excluding hydrogens is 444 g/mol. The van der Waals surface area contributed by atoms with E-state index in [0.29, 0.717) is 6.42 Å². The molecule has 0 spiro atoms. The van der Waals surface area contributed by atoms with Gasteiger partial charge in [0.15, 0.2) is 0 Å². The number of carbonyl (C=O) groups excluding carboxylic acids is 3. The van der Waals surface area contributed by atoms with Gasteiger partial charge in [0.2, 0.25) is 17.7 Å². The fraction of sp³-hybridized carbons (Fsp3) is 0.565. The third kappa shape index (κ3) is 9.05. The van der Waals surface area contributed by atoms with E-state index in [1.165, 1.54) is 0 Å². The van der Waals surface area contributed by atoms with Crippen LogP contribution in [0, 0.1) is 11.8 Å². The van der Waals surface area contributed by atoms with Gasteiger partial charge < -0.3 is 26.8 Å². The summed E-state index contributed by atoms with van der Waals surface area (Å²) < 4.78 is 0. The number of amides is 3. The summed E-state index contributed by atoms with van der Waals surface area (Å²) in [6.07, 6.45) is 0.695. The summed E-state index contributed by atoms with van der Waals surface area (Å²) in [7, 11) is 0. The average Bonchev–Trinajstić information content (AvgIpc) is 2.79. The Balaban J connectivity index is 3.05. The van der Waals surface area contributed by atoms with E-state index in [1.54, 1.807) is 45.0 Å². The zero-order valence-electron chi connectivity index (χ0n) is 19.6. The van der Waals surface area contributed by atoms with Gasteiger partial charge in [-0.1, -0.05) is 64.4 Å². The third-order valence-electron chi connectivity index (χ3n) is 5.53. The molecular formula is C23H36N4O5S. The lowest BCUT2D eigenvalue weighted by atomic mass is 9.98. The normalized spacial score (nSPS) is 15.6. The van der Waals surface area contributed by atoms with Gasteiger partial charge >= 0.3 is 5.97 Å². The predicted octanol–water partition coefficient (Wildman–Crippen LogP) is 0.727. The minimum absolute atomic E-state index is 0.00726. The molecule has 6 N–H and O–H groups in total. The van der Waals surface area contributed by atoms with Gasteiger partial charge in [-0.3, -0.25) is 14.4 Å². The molecule has 9 nitrogen and oxygen atoms in total. The van der Waals surface area contributed by atoms with Crippen molar-refractivity contribution in [2.45, 2.75) is 64.7 Å². The van der Waals surface area contributed by atoms with Crippen LogP contribution in [-0.2, 0) is 25.6 Å². The molecule has 0 aliphatic carbocycles. The molecule has 1 aromatic carbocycles. The number of hydrogen-bond acceptors (Lipinski definition) is 6. The van der Waals surface area contributed by atoms with Crippen LogP contribution in [0.1, 0.15) is 39.7 Å². The summed E-state index contributed by atoms with van der Waals surface area (Å²) in [6.45, 7) is 7.14. The Morgan fingerprint density at radius 3 is 1.97 bits per heavy atom. The van der Waals surface area contributed by atoms with Gasteiger partial charge in [-0.2, -0.15) is 12.6 Å². The van der Waals surface area contributed by atoms with Gasteiger partial charge in [0, 0.05) is 12.2 Å². The van der Waals surface area contributed by atoms with Gasteiger partial charge in [-0.15, -0.1) is 0 Å². The predicted molar refractivity (Wildman–Crippen MR) is 130 cm³/mol. The van der Waals surface area contributed by atoms with E-state index in [0.717, 1.165) is 5.56 Å². The molecule has 0 fully saturated rings. The van der Waals surface area contributed by atoms with Crippen LogP contribution in [0.5, 0.6) is 0 Å². The molecule has 1 rings (SSSR count). The summed E-state index contributed by atoms with van der Waals surface area (Å²) >= 11 is 4.15. The van der Waals surface area contributed by atoms with E-state index < -0.39 is 47.9 Å². The molecule has 5 unspecified atom stereocenters. The Labute approximate surface area is 200 Å². The van der Waals surface area contributed by atoms with Crippen molar-refractivity contribution in [1.29, 1.82) is 0 Å². The monoisotopic (exact) mass is 480 g/mol. The van der Waals surface area contributed by atoms with E-state index in [-0.39, 0.29) is 24.0 Å². The van der Waals surface area contributed by atoms with Gasteiger partial charge in [-0.05, 0) is 17.4 Å². The number of nitrogens with two attached hydrogens (primary N) is 1. The number of carboxylic acid groups (broad SMARTS) is 1. The number of carboxylic acids is 1. The van der Waals surface area contributed by atoms with Crippen LogP contribution in [0.15, 0.2) is 30.3 Å². The lowest BCUT2D eigenvalue weighted by molar-refractivity contribution is -0.143.